The van der Waals surface area contributed by atoms with Crippen molar-refractivity contribution in [3.8, 4) is 5.69 Å². The number of piperidine rings is 1. The third-order valence-electron chi connectivity index (χ3n) is 6.41. The zero-order valence-electron chi connectivity index (χ0n) is 20.5. The van der Waals surface area contributed by atoms with Crippen LogP contribution in [-0.2, 0) is 6.54 Å². The molecule has 0 saturated carbocycles. The fraction of sp³-hybridized carbons (Fsp3) is 0.480. The van der Waals surface area contributed by atoms with Gasteiger partial charge in [-0.1, -0.05) is 12.1 Å². The summed E-state index contributed by atoms with van der Waals surface area (Å²) in [4.78, 5) is 11.4. The molecule has 1 unspecified atom stereocenters. The normalized spacial score (nSPS) is 16.2. The Balaban J connectivity index is 0.00000324. The molecule has 0 spiro atoms. The summed E-state index contributed by atoms with van der Waals surface area (Å²) in [6, 6.07) is 10.5. The Bertz CT molecular complexity index is 1040. The molecule has 0 amide bonds. The monoisotopic (exact) mass is 577 g/mol. The minimum Gasteiger partial charge on any atom is -0.444 e. The number of hydrogen-bond acceptors (Lipinski definition) is 5. The summed E-state index contributed by atoms with van der Waals surface area (Å²) < 4.78 is 7.62. The van der Waals surface area contributed by atoms with Crippen LogP contribution in [0.2, 0.25) is 0 Å². The first-order valence-electron chi connectivity index (χ1n) is 11.7. The van der Waals surface area contributed by atoms with Crippen molar-refractivity contribution in [3.63, 3.8) is 0 Å². The van der Waals surface area contributed by atoms with Gasteiger partial charge in [0.25, 0.3) is 0 Å². The lowest BCUT2D eigenvalue weighted by Gasteiger charge is -2.31. The smallest absolute Gasteiger partial charge is 0.208 e. The lowest BCUT2D eigenvalue weighted by atomic mass is 9.97. The van der Waals surface area contributed by atoms with Gasteiger partial charge in [-0.25, -0.2) is 9.67 Å². The number of benzene rings is 1. The van der Waals surface area contributed by atoms with Crippen molar-refractivity contribution >= 4 is 29.9 Å². The largest absolute Gasteiger partial charge is 0.444 e. The molecule has 1 aliphatic rings. The molecule has 0 aliphatic carbocycles. The van der Waals surface area contributed by atoms with Crippen LogP contribution >= 0.6 is 24.0 Å². The number of likely N-dealkylation sites (tertiary alicyclic amines) is 1. The molecule has 2 N–H and O–H groups in total. The van der Waals surface area contributed by atoms with E-state index in [0.717, 1.165) is 68.0 Å². The third kappa shape index (κ3) is 6.82. The minimum absolute atomic E-state index is 0. The van der Waals surface area contributed by atoms with Crippen molar-refractivity contribution in [2.24, 2.45) is 10.9 Å². The summed E-state index contributed by atoms with van der Waals surface area (Å²) in [5, 5.41) is 11.4. The summed E-state index contributed by atoms with van der Waals surface area (Å²) in [5.41, 5.74) is 3.23. The van der Waals surface area contributed by atoms with E-state index in [-0.39, 0.29) is 30.0 Å². The lowest BCUT2D eigenvalue weighted by molar-refractivity contribution is 0.164. The van der Waals surface area contributed by atoms with E-state index in [1.807, 2.05) is 37.8 Å². The molecule has 9 heteroatoms. The maximum absolute atomic E-state index is 5.75. The second kappa shape index (κ2) is 12.3. The zero-order valence-corrected chi connectivity index (χ0v) is 22.8. The van der Waals surface area contributed by atoms with Gasteiger partial charge < -0.3 is 15.1 Å². The molecule has 3 heterocycles. The van der Waals surface area contributed by atoms with Crippen molar-refractivity contribution in [3.05, 3.63) is 65.6 Å². The molecule has 1 fully saturated rings. The number of nitrogens with one attached hydrogen (secondary N) is 2. The van der Waals surface area contributed by atoms with Crippen molar-refractivity contribution < 1.29 is 4.42 Å². The highest BCUT2D eigenvalue weighted by Gasteiger charge is 2.21. The highest BCUT2D eigenvalue weighted by atomic mass is 127. The summed E-state index contributed by atoms with van der Waals surface area (Å²) in [6.45, 7) is 9.97. The van der Waals surface area contributed by atoms with Crippen LogP contribution in [0.25, 0.3) is 5.69 Å². The van der Waals surface area contributed by atoms with Gasteiger partial charge in [-0.15, -0.1) is 24.0 Å². The van der Waals surface area contributed by atoms with E-state index in [2.05, 4.69) is 61.8 Å². The van der Waals surface area contributed by atoms with Crippen molar-refractivity contribution in [1.29, 1.82) is 0 Å². The quantitative estimate of drug-likeness (QED) is 0.249. The number of aryl methyl sites for hydroxylation is 2. The molecule has 4 rings (SSSR count). The number of rotatable bonds is 7. The Morgan fingerprint density at radius 2 is 2.03 bits per heavy atom. The molecular formula is C25H36IN7O. The van der Waals surface area contributed by atoms with Crippen LogP contribution in [0.15, 0.2) is 52.1 Å². The van der Waals surface area contributed by atoms with Gasteiger partial charge in [0.15, 0.2) is 5.96 Å². The molecule has 0 radical (unpaired) electrons. The summed E-state index contributed by atoms with van der Waals surface area (Å²) in [6.07, 6.45) is 6.06. The van der Waals surface area contributed by atoms with Gasteiger partial charge in [0.05, 0.1) is 24.0 Å². The molecule has 1 saturated heterocycles. The van der Waals surface area contributed by atoms with Crippen LogP contribution in [0.1, 0.15) is 48.7 Å². The average Bonchev–Trinajstić information content (AvgIpc) is 3.47. The van der Waals surface area contributed by atoms with Crippen LogP contribution in [0.4, 0.5) is 0 Å². The van der Waals surface area contributed by atoms with Gasteiger partial charge in [0.2, 0.25) is 5.89 Å². The second-order valence-electron chi connectivity index (χ2n) is 8.83. The molecule has 0 bridgehead atoms. The van der Waals surface area contributed by atoms with E-state index >= 15 is 0 Å². The number of oxazole rings is 1. The average molecular weight is 578 g/mol. The van der Waals surface area contributed by atoms with Gasteiger partial charge in [0.1, 0.15) is 5.76 Å². The number of guanidine groups is 1. The van der Waals surface area contributed by atoms with Crippen molar-refractivity contribution in [2.45, 2.75) is 46.2 Å². The van der Waals surface area contributed by atoms with Crippen LogP contribution in [0.3, 0.4) is 0 Å². The third-order valence-corrected chi connectivity index (χ3v) is 6.41. The fourth-order valence-corrected chi connectivity index (χ4v) is 4.23. The number of aromatic nitrogens is 3. The van der Waals surface area contributed by atoms with Gasteiger partial charge in [-0.2, -0.15) is 5.10 Å². The fourth-order valence-electron chi connectivity index (χ4n) is 4.23. The maximum atomic E-state index is 5.75. The summed E-state index contributed by atoms with van der Waals surface area (Å²) in [5.74, 6) is 3.22. The highest BCUT2D eigenvalue weighted by molar-refractivity contribution is 14.0. The number of aliphatic imine (C=N–C) groups is 1. The second-order valence-corrected chi connectivity index (χ2v) is 8.83. The molecule has 184 valence electrons. The Labute approximate surface area is 219 Å². The van der Waals surface area contributed by atoms with Gasteiger partial charge in [-0.3, -0.25) is 9.89 Å². The molecule has 34 heavy (non-hydrogen) atoms. The predicted octanol–water partition coefficient (Wildman–Crippen LogP) is 4.23. The van der Waals surface area contributed by atoms with E-state index in [1.165, 1.54) is 5.56 Å². The van der Waals surface area contributed by atoms with Gasteiger partial charge in [-0.05, 0) is 76.4 Å². The molecule has 1 atom stereocenters. The van der Waals surface area contributed by atoms with Crippen molar-refractivity contribution in [2.75, 3.05) is 26.7 Å². The Kier molecular flexibility index (Phi) is 9.52. The first kappa shape index (κ1) is 26.2. The van der Waals surface area contributed by atoms with E-state index in [1.54, 1.807) is 6.20 Å². The van der Waals surface area contributed by atoms with Crippen LogP contribution in [-0.4, -0.2) is 52.3 Å². The lowest BCUT2D eigenvalue weighted by Crippen LogP contribution is -2.43. The molecule has 1 aromatic carbocycles. The minimum atomic E-state index is 0. The summed E-state index contributed by atoms with van der Waals surface area (Å²) >= 11 is 0. The highest BCUT2D eigenvalue weighted by Crippen LogP contribution is 2.20. The van der Waals surface area contributed by atoms with Crippen LogP contribution in [0.5, 0.6) is 0 Å². The molecule has 3 aromatic rings. The van der Waals surface area contributed by atoms with Crippen LogP contribution in [0, 0.1) is 19.8 Å². The molecule has 1 aliphatic heterocycles. The molecule has 2 aromatic heterocycles. The predicted molar refractivity (Wildman–Crippen MR) is 146 cm³/mol. The molecule has 8 nitrogen and oxygen atoms in total. The summed E-state index contributed by atoms with van der Waals surface area (Å²) in [7, 11) is 1.82. The van der Waals surface area contributed by atoms with Gasteiger partial charge >= 0.3 is 0 Å². The molecular weight excluding hydrogens is 541 g/mol. The Hall–Kier alpha value is -2.40. The Morgan fingerprint density at radius 3 is 2.68 bits per heavy atom. The number of hydrogen-bond donors (Lipinski definition) is 2. The topological polar surface area (TPSA) is 83.5 Å². The first-order valence-corrected chi connectivity index (χ1v) is 11.7. The van der Waals surface area contributed by atoms with E-state index in [4.69, 9.17) is 4.42 Å². The van der Waals surface area contributed by atoms with E-state index in [9.17, 15) is 0 Å². The van der Waals surface area contributed by atoms with Gasteiger partial charge in [0, 0.05) is 26.0 Å². The van der Waals surface area contributed by atoms with Crippen molar-refractivity contribution in [1.82, 2.24) is 30.3 Å². The number of nitrogens with zero attached hydrogens (tertiary/aromatic N) is 5. The Morgan fingerprint density at radius 1 is 1.24 bits per heavy atom. The standard InChI is InChI=1S/C25H35N7O.HI/c1-18-20(3)33-24(29-18)17-31-13-9-21(10-14-31)16-27-25(26-4)30-19(2)22-7-5-8-23(15-22)32-12-6-11-28-32;/h5-8,11-12,15,19,21H,9-10,13-14,16-17H2,1-4H3,(H2,26,27,30);1H. The first-order chi connectivity index (χ1) is 16.0. The van der Waals surface area contributed by atoms with E-state index in [0.29, 0.717) is 5.92 Å². The van der Waals surface area contributed by atoms with Crippen LogP contribution < -0.4 is 10.6 Å². The SMILES string of the molecule is CN=C(NCC1CCN(Cc2nc(C)c(C)o2)CC1)NC(C)c1cccc(-n2cccn2)c1.I. The number of halogens is 1. The van der Waals surface area contributed by atoms with E-state index < -0.39 is 0 Å². The zero-order chi connectivity index (χ0) is 23.2. The maximum Gasteiger partial charge on any atom is 0.208 e.